The molecule has 0 radical (unpaired) electrons. The fraction of sp³-hybridized carbons (Fsp3) is 0.458. The highest BCUT2D eigenvalue weighted by atomic mass is 35.5. The van der Waals surface area contributed by atoms with Gasteiger partial charge in [0.1, 0.15) is 0 Å². The van der Waals surface area contributed by atoms with E-state index < -0.39 is 22.5 Å². The first kappa shape index (κ1) is 28.0. The smallest absolute Gasteiger partial charge is 0.299 e. The minimum atomic E-state index is -4.42. The van der Waals surface area contributed by atoms with Crippen molar-refractivity contribution in [2.45, 2.75) is 45.3 Å². The largest absolute Gasteiger partial charge is 0.416 e. The Morgan fingerprint density at radius 3 is 2.61 bits per heavy atom. The van der Waals surface area contributed by atoms with Crippen molar-refractivity contribution in [3.05, 3.63) is 69.6 Å². The number of likely N-dealkylation sites (tertiary alicyclic amines) is 1. The lowest BCUT2D eigenvalue weighted by molar-refractivity contribution is -0.138. The molecule has 1 fully saturated rings. The SMILES string of the molecule is C=C(/C=C\C(Cl)=C/CCN=C(P)c1ccc(CN2CCCCC2)c(C(F)(F)F)c1)S(=O)CC. The van der Waals surface area contributed by atoms with Crippen LogP contribution in [0.4, 0.5) is 13.2 Å². The molecule has 0 amide bonds. The first-order chi connectivity index (χ1) is 15.6. The number of hydrogen-bond acceptors (Lipinski definition) is 3. The van der Waals surface area contributed by atoms with Crippen LogP contribution in [-0.2, 0) is 23.5 Å². The molecule has 0 spiro atoms. The second-order valence-electron chi connectivity index (χ2n) is 7.78. The van der Waals surface area contributed by atoms with E-state index in [2.05, 4.69) is 25.7 Å². The second kappa shape index (κ2) is 13.6. The summed E-state index contributed by atoms with van der Waals surface area (Å²) in [5.74, 6) is 0.492. The standard InChI is InChI=1S/C24H31ClF3N2OPS/c1-3-33(31)18(2)9-12-21(25)8-7-13-29-23(32)19-10-11-20(22(16-19)24(26,27)28)17-30-14-5-4-6-15-30/h8-12,16H,2-7,13-15,17,32H2,1H3/b12-9-,21-8+,29-23?. The maximum absolute atomic E-state index is 13.7. The quantitative estimate of drug-likeness (QED) is 0.150. The molecule has 1 aliphatic rings. The summed E-state index contributed by atoms with van der Waals surface area (Å²) >= 11 is 6.13. The maximum atomic E-state index is 13.7. The van der Waals surface area contributed by atoms with Crippen molar-refractivity contribution < 1.29 is 17.4 Å². The predicted molar refractivity (Wildman–Crippen MR) is 137 cm³/mol. The zero-order valence-electron chi connectivity index (χ0n) is 18.8. The molecular formula is C24H31ClF3N2OPS. The van der Waals surface area contributed by atoms with Gasteiger partial charge in [0.05, 0.1) is 21.8 Å². The monoisotopic (exact) mass is 518 g/mol. The van der Waals surface area contributed by atoms with Gasteiger partial charge >= 0.3 is 6.18 Å². The normalized spacial score (nSPS) is 17.5. The van der Waals surface area contributed by atoms with Gasteiger partial charge < -0.3 is 0 Å². The van der Waals surface area contributed by atoms with Crippen LogP contribution in [0.25, 0.3) is 0 Å². The maximum Gasteiger partial charge on any atom is 0.416 e. The Morgan fingerprint density at radius 2 is 1.97 bits per heavy atom. The molecular weight excluding hydrogens is 488 g/mol. The Bertz CT molecular complexity index is 938. The Morgan fingerprint density at radius 1 is 1.27 bits per heavy atom. The van der Waals surface area contributed by atoms with Gasteiger partial charge in [0.25, 0.3) is 0 Å². The van der Waals surface area contributed by atoms with E-state index in [0.29, 0.717) is 51.8 Å². The molecule has 9 heteroatoms. The minimum absolute atomic E-state index is 0.304. The lowest BCUT2D eigenvalue weighted by Crippen LogP contribution is -2.30. The van der Waals surface area contributed by atoms with Gasteiger partial charge in [-0.05, 0) is 56.1 Å². The van der Waals surface area contributed by atoms with Crippen molar-refractivity contribution in [1.29, 1.82) is 0 Å². The third kappa shape index (κ3) is 9.48. The van der Waals surface area contributed by atoms with Crippen LogP contribution in [0.3, 0.4) is 0 Å². The number of nitrogens with zero attached hydrogens (tertiary/aromatic N) is 2. The Labute approximate surface area is 204 Å². The van der Waals surface area contributed by atoms with Crippen LogP contribution in [0.5, 0.6) is 0 Å². The molecule has 182 valence electrons. The number of piperidine rings is 1. The number of alkyl halides is 3. The van der Waals surface area contributed by atoms with Gasteiger partial charge in [-0.25, -0.2) is 0 Å². The van der Waals surface area contributed by atoms with Crippen LogP contribution >= 0.6 is 20.8 Å². The number of allylic oxidation sites excluding steroid dienone is 3. The Kier molecular flexibility index (Phi) is 11.5. The topological polar surface area (TPSA) is 32.7 Å². The van der Waals surface area contributed by atoms with Gasteiger partial charge in [0.2, 0.25) is 0 Å². The first-order valence-electron chi connectivity index (χ1n) is 11.0. The van der Waals surface area contributed by atoms with Crippen molar-refractivity contribution in [2.24, 2.45) is 4.99 Å². The molecule has 0 aromatic heterocycles. The Balaban J connectivity index is 2.04. The average molecular weight is 519 g/mol. The minimum Gasteiger partial charge on any atom is -0.299 e. The van der Waals surface area contributed by atoms with E-state index in [1.165, 1.54) is 6.07 Å². The fourth-order valence-electron chi connectivity index (χ4n) is 3.48. The van der Waals surface area contributed by atoms with Crippen molar-refractivity contribution in [3.63, 3.8) is 0 Å². The second-order valence-corrected chi connectivity index (χ2v) is 10.6. The van der Waals surface area contributed by atoms with Crippen LogP contribution < -0.4 is 0 Å². The van der Waals surface area contributed by atoms with Gasteiger partial charge in [0, 0.05) is 34.3 Å². The molecule has 2 atom stereocenters. The number of hydrogen-bond donors (Lipinski definition) is 0. The molecule has 2 unspecified atom stereocenters. The molecule has 1 aliphatic heterocycles. The highest BCUT2D eigenvalue weighted by Gasteiger charge is 2.34. The number of rotatable bonds is 10. The molecule has 1 saturated heterocycles. The van der Waals surface area contributed by atoms with E-state index in [9.17, 15) is 17.4 Å². The molecule has 2 rings (SSSR count). The number of halogens is 4. The van der Waals surface area contributed by atoms with Crippen molar-refractivity contribution >= 4 is 37.1 Å². The molecule has 0 saturated carbocycles. The molecule has 1 aromatic carbocycles. The highest BCUT2D eigenvalue weighted by Crippen LogP contribution is 2.34. The molecule has 1 aromatic rings. The van der Waals surface area contributed by atoms with Crippen LogP contribution in [0.2, 0.25) is 0 Å². The van der Waals surface area contributed by atoms with Crippen LogP contribution in [0.15, 0.2) is 57.9 Å². The Hall–Kier alpha value is -1.27. The summed E-state index contributed by atoms with van der Waals surface area (Å²) in [7, 11) is 1.32. The molecule has 33 heavy (non-hydrogen) atoms. The van der Waals surface area contributed by atoms with E-state index in [-0.39, 0.29) is 0 Å². The summed E-state index contributed by atoms with van der Waals surface area (Å²) < 4.78 is 52.8. The zero-order valence-corrected chi connectivity index (χ0v) is 21.6. The fourth-order valence-corrected chi connectivity index (χ4v) is 4.55. The molecule has 0 aliphatic carbocycles. The summed E-state index contributed by atoms with van der Waals surface area (Å²) in [6, 6.07) is 4.46. The third-order valence-corrected chi connectivity index (χ3v) is 7.33. The molecule has 0 bridgehead atoms. The van der Waals surface area contributed by atoms with Gasteiger partial charge in [-0.2, -0.15) is 13.2 Å². The predicted octanol–water partition coefficient (Wildman–Crippen LogP) is 6.66. The van der Waals surface area contributed by atoms with E-state index in [1.807, 2.05) is 6.92 Å². The van der Waals surface area contributed by atoms with Gasteiger partial charge in [-0.15, -0.1) is 0 Å². The highest BCUT2D eigenvalue weighted by molar-refractivity contribution is 7.89. The summed E-state index contributed by atoms with van der Waals surface area (Å²) in [5.41, 5.74) is 0.608. The summed E-state index contributed by atoms with van der Waals surface area (Å²) in [6.45, 7) is 7.91. The van der Waals surface area contributed by atoms with Crippen molar-refractivity contribution in [1.82, 2.24) is 4.90 Å². The van der Waals surface area contributed by atoms with Crippen LogP contribution in [0, 0.1) is 0 Å². The average Bonchev–Trinajstić information content (AvgIpc) is 2.79. The van der Waals surface area contributed by atoms with Crippen LogP contribution in [0.1, 0.15) is 49.3 Å². The number of aliphatic imine (C=N–C) groups is 1. The first-order valence-corrected chi connectivity index (χ1v) is 13.2. The van der Waals surface area contributed by atoms with Gasteiger partial charge in [-0.3, -0.25) is 14.1 Å². The molecule has 0 N–H and O–H groups in total. The summed E-state index contributed by atoms with van der Waals surface area (Å²) in [5, 5.41) is 0.464. The van der Waals surface area contributed by atoms with Crippen molar-refractivity contribution in [2.75, 3.05) is 25.4 Å². The van der Waals surface area contributed by atoms with Crippen molar-refractivity contribution in [3.8, 4) is 0 Å². The molecule has 1 heterocycles. The zero-order chi connectivity index (χ0) is 24.4. The van der Waals surface area contributed by atoms with Gasteiger partial charge in [-0.1, -0.05) is 59.0 Å². The van der Waals surface area contributed by atoms with E-state index in [0.717, 1.165) is 32.4 Å². The van der Waals surface area contributed by atoms with Gasteiger partial charge in [0.15, 0.2) is 0 Å². The van der Waals surface area contributed by atoms with E-state index >= 15 is 0 Å². The van der Waals surface area contributed by atoms with E-state index in [1.54, 1.807) is 30.4 Å². The lowest BCUT2D eigenvalue weighted by atomic mass is 10.0. The van der Waals surface area contributed by atoms with Crippen LogP contribution in [-0.4, -0.2) is 39.9 Å². The summed E-state index contributed by atoms with van der Waals surface area (Å²) in [6.07, 6.45) is 4.30. The van der Waals surface area contributed by atoms with E-state index in [4.69, 9.17) is 11.6 Å². The molecule has 3 nitrogen and oxygen atoms in total. The lowest BCUT2D eigenvalue weighted by Gasteiger charge is -2.27. The summed E-state index contributed by atoms with van der Waals surface area (Å²) in [4.78, 5) is 6.97. The third-order valence-electron chi connectivity index (χ3n) is 5.29. The number of benzene rings is 1.